The zero-order chi connectivity index (χ0) is 13.1. The molecule has 0 radical (unpaired) electrons. The van der Waals surface area contributed by atoms with E-state index in [2.05, 4.69) is 46.6 Å². The molecule has 19 heavy (non-hydrogen) atoms. The molecule has 0 fully saturated rings. The molecule has 0 aliphatic carbocycles. The van der Waals surface area contributed by atoms with E-state index in [1.807, 2.05) is 24.4 Å². The second-order valence-corrected chi connectivity index (χ2v) is 4.46. The molecule has 96 valence electrons. The number of fused-ring (bicyclic) bond motifs is 1. The third-order valence-electron chi connectivity index (χ3n) is 3.19. The average molecular weight is 252 g/mol. The van der Waals surface area contributed by atoms with E-state index >= 15 is 0 Å². The summed E-state index contributed by atoms with van der Waals surface area (Å²) in [5.74, 6) is 0.878. The van der Waals surface area contributed by atoms with Gasteiger partial charge in [-0.25, -0.2) is 9.50 Å². The SMILES string of the molecule is CCC(Nc1ccn2nccc2n1)c1ccccc1. The molecular formula is C15H16N4. The van der Waals surface area contributed by atoms with Gasteiger partial charge in [0.25, 0.3) is 0 Å². The minimum atomic E-state index is 0.277. The number of anilines is 1. The first-order chi connectivity index (χ1) is 9.36. The summed E-state index contributed by atoms with van der Waals surface area (Å²) in [6, 6.07) is 14.6. The average Bonchev–Trinajstić information content (AvgIpc) is 2.93. The summed E-state index contributed by atoms with van der Waals surface area (Å²) >= 11 is 0. The first kappa shape index (κ1) is 11.7. The molecule has 0 aliphatic rings. The van der Waals surface area contributed by atoms with E-state index in [0.717, 1.165) is 17.9 Å². The number of hydrogen-bond acceptors (Lipinski definition) is 3. The molecule has 0 bridgehead atoms. The quantitative estimate of drug-likeness (QED) is 0.774. The smallest absolute Gasteiger partial charge is 0.157 e. The third-order valence-corrected chi connectivity index (χ3v) is 3.19. The molecule has 4 heteroatoms. The topological polar surface area (TPSA) is 42.2 Å². The van der Waals surface area contributed by atoms with Crippen LogP contribution in [0.15, 0.2) is 54.9 Å². The first-order valence-electron chi connectivity index (χ1n) is 6.48. The Morgan fingerprint density at radius 1 is 1.16 bits per heavy atom. The van der Waals surface area contributed by atoms with Crippen molar-refractivity contribution in [2.75, 3.05) is 5.32 Å². The zero-order valence-corrected chi connectivity index (χ0v) is 10.8. The zero-order valence-electron chi connectivity index (χ0n) is 10.8. The van der Waals surface area contributed by atoms with E-state index < -0.39 is 0 Å². The maximum absolute atomic E-state index is 4.54. The van der Waals surface area contributed by atoms with Crippen LogP contribution in [0.1, 0.15) is 24.9 Å². The van der Waals surface area contributed by atoms with Crippen molar-refractivity contribution in [2.45, 2.75) is 19.4 Å². The van der Waals surface area contributed by atoms with Gasteiger partial charge in [-0.05, 0) is 18.1 Å². The Labute approximate surface area is 112 Å². The molecule has 0 saturated heterocycles. The van der Waals surface area contributed by atoms with E-state index in [4.69, 9.17) is 0 Å². The van der Waals surface area contributed by atoms with Gasteiger partial charge in [0.05, 0.1) is 12.2 Å². The Morgan fingerprint density at radius 2 is 2.00 bits per heavy atom. The molecule has 2 aromatic heterocycles. The van der Waals surface area contributed by atoms with Crippen LogP contribution < -0.4 is 5.32 Å². The molecule has 2 heterocycles. The van der Waals surface area contributed by atoms with Crippen molar-refractivity contribution >= 4 is 11.5 Å². The highest BCUT2D eigenvalue weighted by Gasteiger charge is 2.09. The van der Waals surface area contributed by atoms with Crippen molar-refractivity contribution < 1.29 is 0 Å². The molecule has 1 atom stereocenters. The normalized spacial score (nSPS) is 12.5. The maximum atomic E-state index is 4.54. The molecule has 3 rings (SSSR count). The molecule has 0 aliphatic heterocycles. The van der Waals surface area contributed by atoms with Gasteiger partial charge in [-0.1, -0.05) is 37.3 Å². The summed E-state index contributed by atoms with van der Waals surface area (Å²) in [7, 11) is 0. The van der Waals surface area contributed by atoms with Crippen LogP contribution in [0.2, 0.25) is 0 Å². The third kappa shape index (κ3) is 2.42. The summed E-state index contributed by atoms with van der Waals surface area (Å²) in [6.07, 6.45) is 4.68. The first-order valence-corrected chi connectivity index (χ1v) is 6.48. The van der Waals surface area contributed by atoms with Crippen molar-refractivity contribution in [1.29, 1.82) is 0 Å². The van der Waals surface area contributed by atoms with Crippen LogP contribution in [-0.2, 0) is 0 Å². The van der Waals surface area contributed by atoms with Crippen molar-refractivity contribution in [1.82, 2.24) is 14.6 Å². The number of nitrogens with one attached hydrogen (secondary N) is 1. The highest BCUT2D eigenvalue weighted by atomic mass is 15.2. The van der Waals surface area contributed by atoms with Gasteiger partial charge in [-0.3, -0.25) is 0 Å². The standard InChI is InChI=1S/C15H16N4/c1-2-13(12-6-4-3-5-7-12)17-14-9-11-19-15(18-14)8-10-16-19/h3-11,13H,2H2,1H3,(H,17,18). The van der Waals surface area contributed by atoms with Crippen LogP contribution in [0, 0.1) is 0 Å². The summed E-state index contributed by atoms with van der Waals surface area (Å²) in [4.78, 5) is 4.54. The molecule has 0 saturated carbocycles. The Hall–Kier alpha value is -2.36. The minimum Gasteiger partial charge on any atom is -0.363 e. The Kier molecular flexibility index (Phi) is 3.14. The summed E-state index contributed by atoms with van der Waals surface area (Å²) in [6.45, 7) is 2.17. The van der Waals surface area contributed by atoms with Gasteiger partial charge >= 0.3 is 0 Å². The van der Waals surface area contributed by atoms with Crippen LogP contribution in [0.5, 0.6) is 0 Å². The van der Waals surface area contributed by atoms with Gasteiger partial charge in [-0.15, -0.1) is 0 Å². The second-order valence-electron chi connectivity index (χ2n) is 4.46. The highest BCUT2D eigenvalue weighted by molar-refractivity contribution is 5.46. The van der Waals surface area contributed by atoms with Crippen LogP contribution in [-0.4, -0.2) is 14.6 Å². The fourth-order valence-corrected chi connectivity index (χ4v) is 2.18. The van der Waals surface area contributed by atoms with Gasteiger partial charge in [0, 0.05) is 12.3 Å². The minimum absolute atomic E-state index is 0.277. The van der Waals surface area contributed by atoms with Crippen molar-refractivity contribution in [3.63, 3.8) is 0 Å². The molecular weight excluding hydrogens is 236 g/mol. The predicted molar refractivity (Wildman–Crippen MR) is 76.1 cm³/mol. The summed E-state index contributed by atoms with van der Waals surface area (Å²) < 4.78 is 1.76. The molecule has 3 aromatic rings. The van der Waals surface area contributed by atoms with E-state index in [1.165, 1.54) is 5.56 Å². The molecule has 1 N–H and O–H groups in total. The maximum Gasteiger partial charge on any atom is 0.157 e. The Balaban J connectivity index is 1.86. The number of aromatic nitrogens is 3. The number of benzene rings is 1. The fraction of sp³-hybridized carbons (Fsp3) is 0.200. The lowest BCUT2D eigenvalue weighted by molar-refractivity contribution is 0.744. The van der Waals surface area contributed by atoms with E-state index in [-0.39, 0.29) is 6.04 Å². The van der Waals surface area contributed by atoms with E-state index in [0.29, 0.717) is 0 Å². The molecule has 0 spiro atoms. The van der Waals surface area contributed by atoms with E-state index in [9.17, 15) is 0 Å². The van der Waals surface area contributed by atoms with E-state index in [1.54, 1.807) is 10.7 Å². The van der Waals surface area contributed by atoms with Gasteiger partial charge < -0.3 is 5.32 Å². The highest BCUT2D eigenvalue weighted by Crippen LogP contribution is 2.21. The van der Waals surface area contributed by atoms with Crippen LogP contribution in [0.3, 0.4) is 0 Å². The van der Waals surface area contributed by atoms with Crippen molar-refractivity contribution in [3.8, 4) is 0 Å². The molecule has 1 aromatic carbocycles. The van der Waals surface area contributed by atoms with Gasteiger partial charge in [0.2, 0.25) is 0 Å². The van der Waals surface area contributed by atoms with Gasteiger partial charge in [-0.2, -0.15) is 5.10 Å². The largest absolute Gasteiger partial charge is 0.363 e. The molecule has 0 amide bonds. The van der Waals surface area contributed by atoms with Crippen molar-refractivity contribution in [3.05, 3.63) is 60.4 Å². The second kappa shape index (κ2) is 5.10. The lowest BCUT2D eigenvalue weighted by Gasteiger charge is -2.18. The van der Waals surface area contributed by atoms with Gasteiger partial charge in [0.1, 0.15) is 5.82 Å². The van der Waals surface area contributed by atoms with Gasteiger partial charge in [0.15, 0.2) is 5.65 Å². The van der Waals surface area contributed by atoms with Crippen LogP contribution in [0.25, 0.3) is 5.65 Å². The monoisotopic (exact) mass is 252 g/mol. The number of nitrogens with zero attached hydrogens (tertiary/aromatic N) is 3. The van der Waals surface area contributed by atoms with Crippen LogP contribution in [0.4, 0.5) is 5.82 Å². The summed E-state index contributed by atoms with van der Waals surface area (Å²) in [5, 5.41) is 7.62. The Morgan fingerprint density at radius 3 is 2.79 bits per heavy atom. The Bertz CT molecular complexity index is 660. The molecule has 1 unspecified atom stereocenters. The lowest BCUT2D eigenvalue weighted by atomic mass is 10.0. The van der Waals surface area contributed by atoms with Crippen LogP contribution >= 0.6 is 0 Å². The predicted octanol–water partition coefficient (Wildman–Crippen LogP) is 3.29. The fourth-order valence-electron chi connectivity index (χ4n) is 2.18. The lowest BCUT2D eigenvalue weighted by Crippen LogP contribution is -2.11. The number of rotatable bonds is 4. The number of hydrogen-bond donors (Lipinski definition) is 1. The molecule has 4 nitrogen and oxygen atoms in total. The summed E-state index contributed by atoms with van der Waals surface area (Å²) in [5.41, 5.74) is 2.13. The van der Waals surface area contributed by atoms with Crippen molar-refractivity contribution in [2.24, 2.45) is 0 Å².